The summed E-state index contributed by atoms with van der Waals surface area (Å²) in [6, 6.07) is 17.2. The van der Waals surface area contributed by atoms with Crippen LogP contribution >= 0.6 is 0 Å². The van der Waals surface area contributed by atoms with Crippen LogP contribution in [0.25, 0.3) is 10.8 Å². The molecule has 0 aliphatic heterocycles. The van der Waals surface area contributed by atoms with Crippen molar-refractivity contribution in [2.45, 2.75) is 59.5 Å². The van der Waals surface area contributed by atoms with E-state index in [1.54, 1.807) is 36.5 Å². The number of fused-ring (bicyclic) bond motifs is 1. The molecule has 7 N–H and O–H groups in total. The first-order valence-electron chi connectivity index (χ1n) is 15.6. The van der Waals surface area contributed by atoms with Crippen molar-refractivity contribution >= 4 is 57.3 Å². The number of nitrogens with zero attached hydrogens (tertiary/aromatic N) is 1. The second-order valence-corrected chi connectivity index (χ2v) is 11.3. The summed E-state index contributed by atoms with van der Waals surface area (Å²) in [6.45, 7) is 9.09. The number of carbonyl (C=O) groups is 4. The van der Waals surface area contributed by atoms with Crippen LogP contribution in [0.4, 0.5) is 36.1 Å². The molecule has 0 aliphatic rings. The van der Waals surface area contributed by atoms with Crippen LogP contribution in [-0.2, 0) is 25.7 Å². The summed E-state index contributed by atoms with van der Waals surface area (Å²) in [5.41, 5.74) is 9.06. The van der Waals surface area contributed by atoms with E-state index < -0.39 is 18.2 Å². The quantitative estimate of drug-likeness (QED) is 0.101. The van der Waals surface area contributed by atoms with E-state index in [-0.39, 0.29) is 30.4 Å². The summed E-state index contributed by atoms with van der Waals surface area (Å²) >= 11 is 0. The van der Waals surface area contributed by atoms with Gasteiger partial charge < -0.3 is 41.6 Å². The maximum Gasteiger partial charge on any atom is 0.490 e. The number of rotatable bonds is 12. The average molecular weight is 713 g/mol. The van der Waals surface area contributed by atoms with Gasteiger partial charge >= 0.3 is 12.1 Å². The Bertz CT molecular complexity index is 1850. The molecule has 0 fully saturated rings. The van der Waals surface area contributed by atoms with Gasteiger partial charge in [0.1, 0.15) is 11.9 Å². The molecule has 1 heterocycles. The first-order chi connectivity index (χ1) is 24.0. The second kappa shape index (κ2) is 17.6. The number of amides is 3. The number of aliphatic carboxylic acids is 1. The number of benzene rings is 3. The normalized spacial score (nSPS) is 11.5. The first-order valence-corrected chi connectivity index (χ1v) is 15.6. The molecule has 0 spiro atoms. The number of aromatic nitrogens is 1. The largest absolute Gasteiger partial charge is 0.490 e. The molecule has 1 aromatic heterocycles. The molecule has 0 aliphatic carbocycles. The Kier molecular flexibility index (Phi) is 13.6. The number of carboxylic acid groups (broad SMARTS) is 1. The number of pyridine rings is 1. The van der Waals surface area contributed by atoms with E-state index in [1.165, 1.54) is 13.8 Å². The zero-order valence-corrected chi connectivity index (χ0v) is 28.5. The Morgan fingerprint density at radius 1 is 0.882 bits per heavy atom. The number of alkyl halides is 3. The maximum atomic E-state index is 13.9. The molecule has 16 heteroatoms. The number of nitrogen functional groups attached to an aromatic ring is 1. The minimum absolute atomic E-state index is 0.0626. The van der Waals surface area contributed by atoms with E-state index in [0.717, 1.165) is 10.8 Å². The van der Waals surface area contributed by atoms with Gasteiger partial charge in [-0.3, -0.25) is 14.4 Å². The summed E-state index contributed by atoms with van der Waals surface area (Å²) in [5, 5.41) is 20.6. The molecule has 0 radical (unpaired) electrons. The molecule has 0 bridgehead atoms. The highest BCUT2D eigenvalue weighted by Gasteiger charge is 2.38. The fourth-order valence-electron chi connectivity index (χ4n) is 4.72. The van der Waals surface area contributed by atoms with Crippen molar-refractivity contribution in [3.63, 3.8) is 0 Å². The number of ether oxygens (including phenoxy) is 2. The van der Waals surface area contributed by atoms with E-state index in [1.807, 2.05) is 51.1 Å². The number of nitrogens with one attached hydrogen (secondary N) is 4. The molecule has 0 saturated carbocycles. The van der Waals surface area contributed by atoms with Crippen LogP contribution in [0.5, 0.6) is 11.5 Å². The van der Waals surface area contributed by atoms with Crippen molar-refractivity contribution in [2.75, 3.05) is 28.3 Å². The Morgan fingerprint density at radius 2 is 1.51 bits per heavy atom. The SMILES string of the molecule is CCOc1cc([C@@H](Nc2ccc3c(N)nccc3c2)C(=O)NCc2cc(NC(C)=O)cc(NC(C)=O)c2)ccc1OC(C)C.O=C(O)C(F)(F)F. The molecule has 3 aromatic carbocycles. The number of hydrogen-bond donors (Lipinski definition) is 6. The summed E-state index contributed by atoms with van der Waals surface area (Å²) < 4.78 is 43.5. The van der Waals surface area contributed by atoms with E-state index >= 15 is 0 Å². The molecule has 4 rings (SSSR count). The Hall–Kier alpha value is -6.06. The minimum Gasteiger partial charge on any atom is -0.490 e. The molecule has 1 atom stereocenters. The van der Waals surface area contributed by atoms with Crippen LogP contribution < -0.4 is 36.5 Å². The topological polar surface area (TPSA) is 194 Å². The van der Waals surface area contributed by atoms with Gasteiger partial charge in [0.2, 0.25) is 17.7 Å². The van der Waals surface area contributed by atoms with E-state index in [4.69, 9.17) is 25.1 Å². The summed E-state index contributed by atoms with van der Waals surface area (Å²) in [5.74, 6) is -2.06. The number of hydrogen-bond acceptors (Lipinski definition) is 9. The predicted octanol–water partition coefficient (Wildman–Crippen LogP) is 6.02. The second-order valence-electron chi connectivity index (χ2n) is 11.3. The van der Waals surface area contributed by atoms with Crippen molar-refractivity contribution in [3.8, 4) is 11.5 Å². The lowest BCUT2D eigenvalue weighted by atomic mass is 10.0. The third-order valence-electron chi connectivity index (χ3n) is 6.67. The van der Waals surface area contributed by atoms with Crippen LogP contribution in [0, 0.1) is 0 Å². The van der Waals surface area contributed by atoms with Crippen LogP contribution in [0.3, 0.4) is 0 Å². The highest BCUT2D eigenvalue weighted by Crippen LogP contribution is 2.33. The zero-order valence-electron chi connectivity index (χ0n) is 28.5. The fraction of sp³-hybridized carbons (Fsp3) is 0.286. The lowest BCUT2D eigenvalue weighted by Gasteiger charge is -2.22. The molecule has 0 unspecified atom stereocenters. The monoisotopic (exact) mass is 712 g/mol. The zero-order chi connectivity index (χ0) is 37.9. The van der Waals surface area contributed by atoms with E-state index in [9.17, 15) is 27.6 Å². The molecule has 3 amide bonds. The summed E-state index contributed by atoms with van der Waals surface area (Å²) in [4.78, 5) is 50.3. The summed E-state index contributed by atoms with van der Waals surface area (Å²) in [7, 11) is 0. The average Bonchev–Trinajstić information content (AvgIpc) is 3.02. The lowest BCUT2D eigenvalue weighted by molar-refractivity contribution is -0.192. The van der Waals surface area contributed by atoms with Gasteiger partial charge in [-0.2, -0.15) is 13.2 Å². The van der Waals surface area contributed by atoms with Gasteiger partial charge in [0.05, 0.1) is 12.7 Å². The molecular formula is C35H39F3N6O7. The number of nitrogens with two attached hydrogens (primary N) is 1. The molecule has 272 valence electrons. The molecule has 0 saturated heterocycles. The number of carbonyl (C=O) groups excluding carboxylic acids is 3. The van der Waals surface area contributed by atoms with Crippen LogP contribution in [0.1, 0.15) is 51.8 Å². The first kappa shape index (κ1) is 39.4. The molecule has 13 nitrogen and oxygen atoms in total. The minimum atomic E-state index is -5.08. The van der Waals surface area contributed by atoms with Crippen molar-refractivity contribution < 1.29 is 46.9 Å². The molecular weight excluding hydrogens is 673 g/mol. The Balaban J connectivity index is 0.000000908. The Labute approximate surface area is 291 Å². The van der Waals surface area contributed by atoms with Gasteiger partial charge in [0.15, 0.2) is 11.5 Å². The molecule has 51 heavy (non-hydrogen) atoms. The van der Waals surface area contributed by atoms with Crippen LogP contribution in [-0.4, -0.2) is 52.7 Å². The standard InChI is InChI=1S/C33H38N6O5.C2HF3O2/c1-6-43-30-16-24(7-10-29(30)44-19(2)3)31(39-25-8-9-28-23(15-25)11-12-35-32(28)34)33(42)36-18-22-13-26(37-20(4)40)17-27(14-22)38-21(5)41;3-2(4,5)1(6)7/h7-17,19,31,39H,6,18H2,1-5H3,(H2,34,35)(H,36,42)(H,37,40)(H,38,41);(H,6,7)/t31-;/m1./s1. The van der Waals surface area contributed by atoms with E-state index in [0.29, 0.717) is 52.1 Å². The van der Waals surface area contributed by atoms with Gasteiger partial charge in [0, 0.05) is 49.0 Å². The van der Waals surface area contributed by atoms with Gasteiger partial charge in [0.25, 0.3) is 0 Å². The predicted molar refractivity (Wildman–Crippen MR) is 186 cm³/mol. The number of halogens is 3. The maximum absolute atomic E-state index is 13.9. The van der Waals surface area contributed by atoms with Crippen molar-refractivity contribution in [1.82, 2.24) is 10.3 Å². The van der Waals surface area contributed by atoms with Crippen molar-refractivity contribution in [2.24, 2.45) is 0 Å². The highest BCUT2D eigenvalue weighted by molar-refractivity contribution is 5.94. The van der Waals surface area contributed by atoms with Gasteiger partial charge in [-0.15, -0.1) is 0 Å². The van der Waals surface area contributed by atoms with Gasteiger partial charge in [-0.1, -0.05) is 6.07 Å². The van der Waals surface area contributed by atoms with E-state index in [2.05, 4.69) is 26.3 Å². The number of anilines is 4. The summed E-state index contributed by atoms with van der Waals surface area (Å²) in [6.07, 6.45) is -3.51. The van der Waals surface area contributed by atoms with Crippen molar-refractivity contribution in [3.05, 3.63) is 78.0 Å². The Morgan fingerprint density at radius 3 is 2.06 bits per heavy atom. The van der Waals surface area contributed by atoms with Crippen LogP contribution in [0.15, 0.2) is 66.9 Å². The smallest absolute Gasteiger partial charge is 0.490 e. The third-order valence-corrected chi connectivity index (χ3v) is 6.67. The van der Waals surface area contributed by atoms with Gasteiger partial charge in [-0.25, -0.2) is 9.78 Å². The lowest BCUT2D eigenvalue weighted by Crippen LogP contribution is -2.33. The van der Waals surface area contributed by atoms with Crippen molar-refractivity contribution in [1.29, 1.82) is 0 Å². The number of carboxylic acids is 1. The van der Waals surface area contributed by atoms with Crippen LogP contribution in [0.2, 0.25) is 0 Å². The fourth-order valence-corrected chi connectivity index (χ4v) is 4.72. The highest BCUT2D eigenvalue weighted by atomic mass is 19.4. The third kappa shape index (κ3) is 12.1. The molecule has 4 aromatic rings. The van der Waals surface area contributed by atoms with Gasteiger partial charge in [-0.05, 0) is 91.9 Å².